The highest BCUT2D eigenvalue weighted by Crippen LogP contribution is 2.21. The van der Waals surface area contributed by atoms with Crippen LogP contribution in [0.2, 0.25) is 0 Å². The summed E-state index contributed by atoms with van der Waals surface area (Å²) in [5.41, 5.74) is 1.46. The second kappa shape index (κ2) is 5.87. The van der Waals surface area contributed by atoms with Crippen LogP contribution in [0.4, 0.5) is 5.82 Å². The maximum Gasteiger partial charge on any atom is 0.170 e. The van der Waals surface area contributed by atoms with E-state index in [1.54, 1.807) is 0 Å². The fraction of sp³-hybridized carbons (Fsp3) is 0.467. The molecule has 0 radical (unpaired) electrons. The molecule has 4 heteroatoms. The molecule has 1 unspecified atom stereocenters. The minimum absolute atomic E-state index is 0.587. The van der Waals surface area contributed by atoms with Crippen LogP contribution in [-0.4, -0.2) is 28.8 Å². The van der Waals surface area contributed by atoms with Crippen LogP contribution in [0, 0.1) is 5.92 Å². The van der Waals surface area contributed by atoms with Gasteiger partial charge in [-0.05, 0) is 25.0 Å². The van der Waals surface area contributed by atoms with E-state index in [1.807, 2.05) is 28.8 Å². The molecule has 4 nitrogen and oxygen atoms in total. The summed E-state index contributed by atoms with van der Waals surface area (Å²) in [6.07, 6.45) is 3.90. The van der Waals surface area contributed by atoms with E-state index >= 15 is 0 Å². The Morgan fingerprint density at radius 2 is 2.21 bits per heavy atom. The quantitative estimate of drug-likeness (QED) is 0.748. The van der Waals surface area contributed by atoms with Gasteiger partial charge in [-0.1, -0.05) is 26.3 Å². The molecule has 2 aromatic rings. The maximum atomic E-state index is 11.4. The number of rotatable bonds is 6. The van der Waals surface area contributed by atoms with Crippen molar-refractivity contribution in [3.63, 3.8) is 0 Å². The van der Waals surface area contributed by atoms with E-state index in [0.29, 0.717) is 11.6 Å². The molecule has 0 fully saturated rings. The van der Waals surface area contributed by atoms with Crippen molar-refractivity contribution >= 4 is 17.8 Å². The molecule has 102 valence electrons. The van der Waals surface area contributed by atoms with E-state index in [9.17, 15) is 4.79 Å². The number of nitrogens with zero attached hydrogens (tertiary/aromatic N) is 3. The summed E-state index contributed by atoms with van der Waals surface area (Å²) in [5, 5.41) is 0. The second-order valence-corrected chi connectivity index (χ2v) is 4.92. The average Bonchev–Trinajstić information content (AvgIpc) is 2.82. The lowest BCUT2D eigenvalue weighted by Crippen LogP contribution is -2.29. The summed E-state index contributed by atoms with van der Waals surface area (Å²) in [6.45, 7) is 8.29. The van der Waals surface area contributed by atoms with Gasteiger partial charge in [0, 0.05) is 19.3 Å². The summed E-state index contributed by atoms with van der Waals surface area (Å²) in [7, 11) is 0. The maximum absolute atomic E-state index is 11.4. The zero-order valence-corrected chi connectivity index (χ0v) is 11.8. The van der Waals surface area contributed by atoms with Gasteiger partial charge in [0.25, 0.3) is 0 Å². The van der Waals surface area contributed by atoms with Crippen LogP contribution in [0.3, 0.4) is 0 Å². The topological polar surface area (TPSA) is 37.6 Å². The summed E-state index contributed by atoms with van der Waals surface area (Å²) >= 11 is 0. The summed E-state index contributed by atoms with van der Waals surface area (Å²) in [4.78, 5) is 18.2. The van der Waals surface area contributed by atoms with Gasteiger partial charge in [-0.15, -0.1) is 0 Å². The molecule has 0 N–H and O–H groups in total. The molecular formula is C15H21N3O. The molecule has 0 bridgehead atoms. The van der Waals surface area contributed by atoms with Crippen molar-refractivity contribution in [1.82, 2.24) is 9.38 Å². The third-order valence-corrected chi connectivity index (χ3v) is 3.57. The smallest absolute Gasteiger partial charge is 0.170 e. The first-order valence-corrected chi connectivity index (χ1v) is 6.88. The number of carbonyl (C=O) groups is 1. The molecule has 1 atom stereocenters. The molecule has 0 aliphatic heterocycles. The Balaban J connectivity index is 2.44. The summed E-state index contributed by atoms with van der Waals surface area (Å²) in [5.74, 6) is 1.38. The van der Waals surface area contributed by atoms with Gasteiger partial charge in [0.15, 0.2) is 12.1 Å². The Morgan fingerprint density at radius 3 is 2.84 bits per heavy atom. The van der Waals surface area contributed by atoms with Crippen molar-refractivity contribution in [1.29, 1.82) is 0 Å². The SMILES string of the molecule is CCC(C)CN(CC)c1nc2ccccn2c1C=O. The monoisotopic (exact) mass is 259 g/mol. The Labute approximate surface area is 114 Å². The van der Waals surface area contributed by atoms with Gasteiger partial charge in [-0.3, -0.25) is 9.20 Å². The number of imidazole rings is 1. The van der Waals surface area contributed by atoms with E-state index in [2.05, 4.69) is 30.7 Å². The molecule has 0 spiro atoms. The molecule has 2 heterocycles. The van der Waals surface area contributed by atoms with Gasteiger partial charge in [0.1, 0.15) is 11.3 Å². The third-order valence-electron chi connectivity index (χ3n) is 3.57. The van der Waals surface area contributed by atoms with Crippen molar-refractivity contribution in [3.8, 4) is 0 Å². The van der Waals surface area contributed by atoms with Crippen LogP contribution in [0.5, 0.6) is 0 Å². The molecule has 0 aliphatic rings. The molecule has 19 heavy (non-hydrogen) atoms. The van der Waals surface area contributed by atoms with E-state index in [4.69, 9.17) is 0 Å². The van der Waals surface area contributed by atoms with Crippen molar-refractivity contribution in [2.45, 2.75) is 27.2 Å². The highest BCUT2D eigenvalue weighted by molar-refractivity contribution is 5.83. The molecular weight excluding hydrogens is 238 g/mol. The molecule has 0 saturated carbocycles. The van der Waals surface area contributed by atoms with E-state index < -0.39 is 0 Å². The third kappa shape index (κ3) is 2.62. The summed E-state index contributed by atoms with van der Waals surface area (Å²) < 4.78 is 1.85. The van der Waals surface area contributed by atoms with Gasteiger partial charge < -0.3 is 4.90 Å². The fourth-order valence-electron chi connectivity index (χ4n) is 2.22. The first kappa shape index (κ1) is 13.6. The predicted octanol–water partition coefficient (Wildman–Crippen LogP) is 3.02. The normalized spacial score (nSPS) is 12.6. The Hall–Kier alpha value is -1.84. The lowest BCUT2D eigenvalue weighted by Gasteiger charge is -2.24. The zero-order valence-electron chi connectivity index (χ0n) is 11.8. The van der Waals surface area contributed by atoms with Crippen molar-refractivity contribution in [3.05, 3.63) is 30.1 Å². The molecule has 0 saturated heterocycles. The van der Waals surface area contributed by atoms with Crippen molar-refractivity contribution < 1.29 is 4.79 Å². The van der Waals surface area contributed by atoms with E-state index in [-0.39, 0.29) is 0 Å². The van der Waals surface area contributed by atoms with Gasteiger partial charge in [-0.2, -0.15) is 0 Å². The number of carbonyl (C=O) groups excluding carboxylic acids is 1. The van der Waals surface area contributed by atoms with Crippen molar-refractivity contribution in [2.24, 2.45) is 5.92 Å². The Kier molecular flexibility index (Phi) is 4.20. The number of hydrogen-bond donors (Lipinski definition) is 0. The highest BCUT2D eigenvalue weighted by Gasteiger charge is 2.17. The van der Waals surface area contributed by atoms with Gasteiger partial charge >= 0.3 is 0 Å². The molecule has 2 aromatic heterocycles. The van der Waals surface area contributed by atoms with Gasteiger partial charge in [-0.25, -0.2) is 4.98 Å². The first-order valence-electron chi connectivity index (χ1n) is 6.88. The number of hydrogen-bond acceptors (Lipinski definition) is 3. The lowest BCUT2D eigenvalue weighted by atomic mass is 10.1. The Morgan fingerprint density at radius 1 is 1.42 bits per heavy atom. The fourth-order valence-corrected chi connectivity index (χ4v) is 2.22. The molecule has 2 rings (SSSR count). The lowest BCUT2D eigenvalue weighted by molar-refractivity contribution is 0.111. The van der Waals surface area contributed by atoms with Crippen LogP contribution in [-0.2, 0) is 0 Å². The number of aldehydes is 1. The zero-order chi connectivity index (χ0) is 13.8. The molecule has 0 amide bonds. The Bertz CT molecular complexity index is 562. The number of fused-ring (bicyclic) bond motifs is 1. The first-order chi connectivity index (χ1) is 9.21. The van der Waals surface area contributed by atoms with Crippen LogP contribution in [0.15, 0.2) is 24.4 Å². The summed E-state index contributed by atoms with van der Waals surface area (Å²) in [6, 6.07) is 5.77. The number of aromatic nitrogens is 2. The van der Waals surface area contributed by atoms with Crippen LogP contribution in [0.25, 0.3) is 5.65 Å². The van der Waals surface area contributed by atoms with Crippen LogP contribution < -0.4 is 4.90 Å². The minimum atomic E-state index is 0.587. The van der Waals surface area contributed by atoms with Gasteiger partial charge in [0.05, 0.1) is 0 Å². The van der Waals surface area contributed by atoms with Crippen molar-refractivity contribution in [2.75, 3.05) is 18.0 Å². The average molecular weight is 259 g/mol. The second-order valence-electron chi connectivity index (χ2n) is 4.92. The predicted molar refractivity (Wildman–Crippen MR) is 77.9 cm³/mol. The van der Waals surface area contributed by atoms with Crippen LogP contribution >= 0.6 is 0 Å². The standard InChI is InChI=1S/C15H21N3O/c1-4-12(3)10-17(5-2)15-13(11-19)18-9-7-6-8-14(18)16-15/h6-9,11-12H,4-5,10H2,1-3H3. The van der Waals surface area contributed by atoms with Crippen LogP contribution in [0.1, 0.15) is 37.7 Å². The van der Waals surface area contributed by atoms with Gasteiger partial charge in [0.2, 0.25) is 0 Å². The number of anilines is 1. The largest absolute Gasteiger partial charge is 0.355 e. The minimum Gasteiger partial charge on any atom is -0.355 e. The molecule has 0 aliphatic carbocycles. The van der Waals surface area contributed by atoms with E-state index in [1.165, 1.54) is 0 Å². The number of pyridine rings is 1. The van der Waals surface area contributed by atoms with E-state index in [0.717, 1.165) is 37.3 Å². The highest BCUT2D eigenvalue weighted by atomic mass is 16.1. The molecule has 0 aromatic carbocycles.